The lowest BCUT2D eigenvalue weighted by Gasteiger charge is -2.41. The zero-order chi connectivity index (χ0) is 36.4. The third-order valence-corrected chi connectivity index (χ3v) is 10.1. The minimum atomic E-state index is -4.77. The maximum Gasteiger partial charge on any atom is 0.416 e. The van der Waals surface area contributed by atoms with Crippen LogP contribution in [-0.2, 0) is 39.9 Å². The van der Waals surface area contributed by atoms with Crippen LogP contribution in [0.15, 0.2) is 36.4 Å². The molecule has 0 fully saturated rings. The number of halogens is 5. The molecule has 0 spiro atoms. The number of carbonyl (C=O) groups excluding carboxylic acids is 3. The van der Waals surface area contributed by atoms with E-state index in [2.05, 4.69) is 15.6 Å². The highest BCUT2D eigenvalue weighted by atomic mass is 35.5. The summed E-state index contributed by atoms with van der Waals surface area (Å²) < 4.78 is 41.7. The van der Waals surface area contributed by atoms with Gasteiger partial charge in [-0.15, -0.1) is 0 Å². The van der Waals surface area contributed by atoms with Crippen LogP contribution >= 0.6 is 23.2 Å². The molecule has 1 aliphatic carbocycles. The van der Waals surface area contributed by atoms with Gasteiger partial charge in [-0.25, -0.2) is 4.79 Å². The van der Waals surface area contributed by atoms with Gasteiger partial charge in [0.1, 0.15) is 17.6 Å². The Labute approximate surface area is 291 Å². The number of fused-ring (bicyclic) bond motifs is 3. The number of carbonyl (C=O) groups is 4. The van der Waals surface area contributed by atoms with E-state index in [0.717, 1.165) is 17.8 Å². The van der Waals surface area contributed by atoms with Crippen molar-refractivity contribution in [2.24, 2.45) is 17.6 Å². The number of hydrogen-bond donors (Lipinski definition) is 5. The first-order valence-corrected chi connectivity index (χ1v) is 16.7. The van der Waals surface area contributed by atoms with Crippen LogP contribution in [0.3, 0.4) is 0 Å². The molecule has 6 N–H and O–H groups in total. The van der Waals surface area contributed by atoms with E-state index in [1.54, 1.807) is 32.9 Å². The topological polar surface area (TPSA) is 158 Å². The van der Waals surface area contributed by atoms with Crippen LogP contribution in [0.4, 0.5) is 18.0 Å². The maximum atomic E-state index is 14.4. The molecule has 4 amide bonds. The third-order valence-electron chi connectivity index (χ3n) is 9.60. The van der Waals surface area contributed by atoms with Crippen molar-refractivity contribution >= 4 is 57.9 Å². The number of alkyl halides is 3. The van der Waals surface area contributed by atoms with Crippen molar-refractivity contribution in [3.8, 4) is 0 Å². The Kier molecular flexibility index (Phi) is 11.5. The molecule has 5 atom stereocenters. The summed E-state index contributed by atoms with van der Waals surface area (Å²) in [7, 11) is 0. The number of nitrogens with one attached hydrogen (secondary N) is 3. The maximum absolute atomic E-state index is 14.4. The number of rotatable bonds is 12. The lowest BCUT2D eigenvalue weighted by molar-refractivity contribution is -0.140. The lowest BCUT2D eigenvalue weighted by Crippen LogP contribution is -2.67. The zero-order valence-electron chi connectivity index (χ0n) is 27.5. The summed E-state index contributed by atoms with van der Waals surface area (Å²) in [6, 6.07) is 5.21. The molecule has 2 aromatic carbocycles. The smallest absolute Gasteiger partial charge is 0.416 e. The molecule has 2 unspecified atom stereocenters. The number of aromatic amines is 1. The minimum absolute atomic E-state index is 0.0267. The summed E-state index contributed by atoms with van der Waals surface area (Å²) in [6.07, 6.45) is -5.43. The van der Waals surface area contributed by atoms with Gasteiger partial charge in [0, 0.05) is 22.5 Å². The fraction of sp³-hybridized carbons (Fsp3) is 0.471. The number of aryl methyl sites for hydroxylation is 1. The number of nitrogens with zero attached hydrogens (tertiary/aromatic N) is 1. The highest BCUT2D eigenvalue weighted by molar-refractivity contribution is 6.38. The first-order chi connectivity index (χ1) is 22.9. The van der Waals surface area contributed by atoms with Gasteiger partial charge < -0.3 is 26.5 Å². The molecular weight excluding hydrogens is 686 g/mol. The SMILES string of the molecule is CC[C@H](C)C(NC(=O)[C@@]1(NC(=O)C([C@@H](C)CC)N(Cc2ccccc2C(F)(F)F)C(=O)O)CCc2[nH]c3c(Cl)cc(Cl)cc3c2C1)C(N)=O. The van der Waals surface area contributed by atoms with Crippen molar-refractivity contribution in [2.45, 2.75) is 90.1 Å². The molecule has 0 saturated carbocycles. The monoisotopic (exact) mass is 725 g/mol. The van der Waals surface area contributed by atoms with E-state index in [9.17, 15) is 37.5 Å². The fourth-order valence-corrected chi connectivity index (χ4v) is 7.02. The third kappa shape index (κ3) is 7.93. The molecule has 0 bridgehead atoms. The Morgan fingerprint density at radius 2 is 1.73 bits per heavy atom. The van der Waals surface area contributed by atoms with Gasteiger partial charge in [0.05, 0.1) is 22.6 Å². The van der Waals surface area contributed by atoms with Crippen LogP contribution < -0.4 is 16.4 Å². The van der Waals surface area contributed by atoms with E-state index in [1.807, 2.05) is 6.92 Å². The number of benzene rings is 2. The summed E-state index contributed by atoms with van der Waals surface area (Å²) in [5.74, 6) is -3.41. The van der Waals surface area contributed by atoms with E-state index < -0.39 is 65.6 Å². The largest absolute Gasteiger partial charge is 0.465 e. The van der Waals surface area contributed by atoms with Crippen molar-refractivity contribution in [2.75, 3.05) is 0 Å². The molecule has 266 valence electrons. The van der Waals surface area contributed by atoms with E-state index >= 15 is 0 Å². The average molecular weight is 727 g/mol. The first kappa shape index (κ1) is 37.8. The highest BCUT2D eigenvalue weighted by Gasteiger charge is 2.48. The van der Waals surface area contributed by atoms with Crippen LogP contribution in [0.25, 0.3) is 10.9 Å². The van der Waals surface area contributed by atoms with E-state index in [0.29, 0.717) is 37.8 Å². The van der Waals surface area contributed by atoms with Gasteiger partial charge in [-0.1, -0.05) is 81.9 Å². The quantitative estimate of drug-likeness (QED) is 0.145. The van der Waals surface area contributed by atoms with Gasteiger partial charge in [0.15, 0.2) is 0 Å². The molecule has 10 nitrogen and oxygen atoms in total. The van der Waals surface area contributed by atoms with Crippen molar-refractivity contribution in [1.29, 1.82) is 0 Å². The number of nitrogens with two attached hydrogens (primary N) is 1. The second kappa shape index (κ2) is 14.9. The molecule has 4 rings (SSSR count). The van der Waals surface area contributed by atoms with Gasteiger partial charge in [0.25, 0.3) is 0 Å². The zero-order valence-corrected chi connectivity index (χ0v) is 29.0. The van der Waals surface area contributed by atoms with E-state index in [1.165, 1.54) is 12.1 Å². The van der Waals surface area contributed by atoms with Gasteiger partial charge in [-0.2, -0.15) is 13.2 Å². The molecular formula is C34H40Cl2F3N5O5. The normalized spacial score (nSPS) is 18.6. The predicted molar refractivity (Wildman–Crippen MR) is 180 cm³/mol. The number of aromatic nitrogens is 1. The summed E-state index contributed by atoms with van der Waals surface area (Å²) >= 11 is 12.8. The number of H-pyrrole nitrogens is 1. The Morgan fingerprint density at radius 3 is 2.33 bits per heavy atom. The molecule has 49 heavy (non-hydrogen) atoms. The van der Waals surface area contributed by atoms with Crippen molar-refractivity contribution < 1.29 is 37.5 Å². The van der Waals surface area contributed by atoms with Crippen LogP contribution in [0.1, 0.15) is 69.3 Å². The van der Waals surface area contributed by atoms with Gasteiger partial charge in [0.2, 0.25) is 17.7 Å². The Balaban J connectivity index is 1.81. The number of primary amides is 1. The number of hydrogen-bond acceptors (Lipinski definition) is 4. The summed E-state index contributed by atoms with van der Waals surface area (Å²) in [5, 5.41) is 17.2. The Bertz CT molecular complexity index is 1750. The number of carboxylic acid groups (broad SMARTS) is 1. The summed E-state index contributed by atoms with van der Waals surface area (Å²) in [5.41, 5.74) is 4.54. The van der Waals surface area contributed by atoms with Gasteiger partial charge >= 0.3 is 12.3 Å². The Hall–Kier alpha value is -3.97. The first-order valence-electron chi connectivity index (χ1n) is 16.0. The van der Waals surface area contributed by atoms with Crippen LogP contribution in [-0.4, -0.2) is 56.4 Å². The second-order valence-electron chi connectivity index (χ2n) is 12.8. The predicted octanol–water partition coefficient (Wildman–Crippen LogP) is 6.45. The number of amides is 4. The molecule has 1 aromatic heterocycles. The molecule has 1 heterocycles. The van der Waals surface area contributed by atoms with Crippen LogP contribution in [0, 0.1) is 11.8 Å². The fourth-order valence-electron chi connectivity index (χ4n) is 6.48. The van der Waals surface area contributed by atoms with Crippen molar-refractivity contribution in [3.63, 3.8) is 0 Å². The van der Waals surface area contributed by atoms with E-state index in [-0.39, 0.29) is 37.2 Å². The molecule has 1 aliphatic rings. The molecule has 0 radical (unpaired) electrons. The lowest BCUT2D eigenvalue weighted by atomic mass is 9.78. The Morgan fingerprint density at radius 1 is 1.08 bits per heavy atom. The molecule has 0 saturated heterocycles. The van der Waals surface area contributed by atoms with Crippen molar-refractivity contribution in [3.05, 3.63) is 68.8 Å². The molecule has 3 aromatic rings. The van der Waals surface area contributed by atoms with E-state index in [4.69, 9.17) is 28.9 Å². The van der Waals surface area contributed by atoms with Crippen LogP contribution in [0.2, 0.25) is 10.0 Å². The van der Waals surface area contributed by atoms with Crippen molar-refractivity contribution in [1.82, 2.24) is 20.5 Å². The van der Waals surface area contributed by atoms with Gasteiger partial charge in [-0.3, -0.25) is 19.3 Å². The molecule has 15 heteroatoms. The second-order valence-corrected chi connectivity index (χ2v) is 13.6. The molecule has 0 aliphatic heterocycles. The summed E-state index contributed by atoms with van der Waals surface area (Å²) in [4.78, 5) is 57.9. The van der Waals surface area contributed by atoms with Crippen LogP contribution in [0.5, 0.6) is 0 Å². The summed E-state index contributed by atoms with van der Waals surface area (Å²) in [6.45, 7) is 6.15. The highest BCUT2D eigenvalue weighted by Crippen LogP contribution is 2.39. The van der Waals surface area contributed by atoms with Gasteiger partial charge in [-0.05, 0) is 54.0 Å². The minimum Gasteiger partial charge on any atom is -0.465 e. The standard InChI is InChI=1S/C34H40Cl2F3N5O5/c1-5-17(3)26(29(40)45)42-31(47)33(12-11-25-22(15-33)21-13-20(35)14-24(36)27(21)41-25)43-30(46)28(18(4)6-2)44(32(48)49)16-19-9-7-8-10-23(19)34(37,38)39/h7-10,13-14,17-18,26,28,41H,5-6,11-12,15-16H2,1-4H3,(H2,40,45)(H,42,47)(H,43,46)(H,48,49)/t17-,18-,26?,28?,33+/m0/s1. The average Bonchev–Trinajstić information content (AvgIpc) is 3.39.